The summed E-state index contributed by atoms with van der Waals surface area (Å²) in [6, 6.07) is 3.84. The molecule has 1 N–H and O–H groups in total. The van der Waals surface area contributed by atoms with Gasteiger partial charge in [-0.15, -0.1) is 0 Å². The molecule has 0 bridgehead atoms. The molecule has 0 fully saturated rings. The number of carbonyl (C=O) groups is 1. The molecule has 0 radical (unpaired) electrons. The van der Waals surface area contributed by atoms with Crippen molar-refractivity contribution in [2.24, 2.45) is 0 Å². The maximum absolute atomic E-state index is 13.1. The Hall–Kier alpha value is -0.590. The molecule has 0 spiro atoms. The molecule has 0 saturated heterocycles. The molecular weight excluding hydrogens is 325 g/mol. The number of amides is 1. The Balaban J connectivity index is 3.13. The number of carbonyl (C=O) groups excluding carboxylic acids is 1. The van der Waals surface area contributed by atoms with Gasteiger partial charge in [0.1, 0.15) is 0 Å². The van der Waals surface area contributed by atoms with E-state index in [9.17, 15) is 4.79 Å². The third-order valence-corrected chi connectivity index (χ3v) is 12.0. The molecule has 1 rings (SSSR count). The quantitative estimate of drug-likeness (QED) is 0.579. The summed E-state index contributed by atoms with van der Waals surface area (Å²) in [6.45, 7) is 13.0. The summed E-state index contributed by atoms with van der Waals surface area (Å²) in [7, 11) is -1.57. The number of hydrogen-bond acceptors (Lipinski definition) is 1. The molecule has 0 saturated carbocycles. The van der Waals surface area contributed by atoms with Crippen LogP contribution in [0.2, 0.25) is 5.02 Å². The van der Waals surface area contributed by atoms with Crippen LogP contribution in [0.5, 0.6) is 0 Å². The Bertz CT molecular complexity index is 509. The topological polar surface area (TPSA) is 29.1 Å². The molecule has 4 heteroatoms. The second kappa shape index (κ2) is 9.04. The van der Waals surface area contributed by atoms with Crippen LogP contribution in [0.1, 0.15) is 51.7 Å². The van der Waals surface area contributed by atoms with E-state index in [1.165, 1.54) is 18.5 Å². The zero-order valence-corrected chi connectivity index (χ0v) is 17.3. The Kier molecular flexibility index (Phi) is 8.04. The molecule has 1 aromatic carbocycles. The van der Waals surface area contributed by atoms with Crippen molar-refractivity contribution in [3.8, 4) is 0 Å². The predicted molar refractivity (Wildman–Crippen MR) is 108 cm³/mol. The Morgan fingerprint density at radius 2 is 1.57 bits per heavy atom. The molecule has 0 aliphatic carbocycles. The minimum atomic E-state index is -1.57. The third kappa shape index (κ3) is 4.70. The van der Waals surface area contributed by atoms with E-state index in [0.717, 1.165) is 34.7 Å². The van der Waals surface area contributed by atoms with Gasteiger partial charge in [0.25, 0.3) is 0 Å². The van der Waals surface area contributed by atoms with Gasteiger partial charge in [0.05, 0.1) is 0 Å². The van der Waals surface area contributed by atoms with Crippen molar-refractivity contribution >= 4 is 30.5 Å². The van der Waals surface area contributed by atoms with Gasteiger partial charge in [0.2, 0.25) is 0 Å². The molecule has 1 amide bonds. The van der Waals surface area contributed by atoms with Crippen LogP contribution >= 0.6 is 18.9 Å². The van der Waals surface area contributed by atoms with E-state index in [2.05, 4.69) is 33.0 Å². The second-order valence-corrected chi connectivity index (χ2v) is 12.6. The van der Waals surface area contributed by atoms with Gasteiger partial charge in [-0.1, -0.05) is 0 Å². The normalized spacial score (nSPS) is 13.7. The minimum absolute atomic E-state index is 0.196. The van der Waals surface area contributed by atoms with Crippen LogP contribution in [0.4, 0.5) is 5.69 Å². The zero-order valence-electron chi connectivity index (χ0n) is 15.6. The number of aryl methyl sites for hydroxylation is 2. The van der Waals surface area contributed by atoms with E-state index in [1.807, 2.05) is 26.0 Å². The van der Waals surface area contributed by atoms with Gasteiger partial charge < -0.3 is 0 Å². The summed E-state index contributed by atoms with van der Waals surface area (Å²) < 4.78 is 0. The van der Waals surface area contributed by atoms with E-state index in [0.29, 0.717) is 0 Å². The van der Waals surface area contributed by atoms with Crippen LogP contribution < -0.4 is 5.32 Å². The summed E-state index contributed by atoms with van der Waals surface area (Å²) in [5.74, 6) is 0.220. The fraction of sp³-hybridized carbons (Fsp3) is 0.632. The van der Waals surface area contributed by atoms with E-state index >= 15 is 0 Å². The predicted octanol–water partition coefficient (Wildman–Crippen LogP) is 5.87. The Morgan fingerprint density at radius 1 is 1.09 bits per heavy atom. The molecule has 0 aliphatic heterocycles. The molecule has 0 aliphatic rings. The SMILES string of the molecule is CCCC(C(=O)Nc1c(C)cc(Cl)cc1C)[PH](CC)(CC)CC. The molecule has 1 aromatic rings. The van der Waals surface area contributed by atoms with Crippen LogP contribution in [-0.2, 0) is 4.79 Å². The van der Waals surface area contributed by atoms with E-state index in [4.69, 9.17) is 11.6 Å². The van der Waals surface area contributed by atoms with E-state index in [1.54, 1.807) is 0 Å². The van der Waals surface area contributed by atoms with Crippen LogP contribution in [0.3, 0.4) is 0 Å². The molecule has 23 heavy (non-hydrogen) atoms. The van der Waals surface area contributed by atoms with Crippen molar-refractivity contribution in [1.29, 1.82) is 0 Å². The van der Waals surface area contributed by atoms with Gasteiger partial charge in [-0.2, -0.15) is 0 Å². The van der Waals surface area contributed by atoms with Crippen molar-refractivity contribution in [3.05, 3.63) is 28.3 Å². The summed E-state index contributed by atoms with van der Waals surface area (Å²) in [4.78, 5) is 13.1. The van der Waals surface area contributed by atoms with Gasteiger partial charge in [-0.3, -0.25) is 0 Å². The number of anilines is 1. The zero-order chi connectivity index (χ0) is 17.6. The second-order valence-electron chi connectivity index (χ2n) is 6.67. The van der Waals surface area contributed by atoms with Crippen molar-refractivity contribution in [2.75, 3.05) is 23.8 Å². The average molecular weight is 358 g/mol. The molecule has 2 nitrogen and oxygen atoms in total. The van der Waals surface area contributed by atoms with Crippen molar-refractivity contribution in [3.63, 3.8) is 0 Å². The number of nitrogens with one attached hydrogen (secondary N) is 1. The first-order chi connectivity index (χ1) is 10.8. The van der Waals surface area contributed by atoms with Gasteiger partial charge in [0.15, 0.2) is 0 Å². The van der Waals surface area contributed by atoms with Crippen molar-refractivity contribution in [1.82, 2.24) is 0 Å². The fourth-order valence-electron chi connectivity index (χ4n) is 3.81. The number of hydrogen-bond donors (Lipinski definition) is 1. The standard InChI is InChI=1S/C19H33ClNOP/c1-7-11-17(23(8-2,9-3)10-4)19(22)21-18-14(5)12-16(20)13-15(18)6/h12-13,17,23H,7-11H2,1-6H3,(H,21,22). The van der Waals surface area contributed by atoms with Crippen LogP contribution in [-0.4, -0.2) is 30.1 Å². The van der Waals surface area contributed by atoms with Crippen molar-refractivity contribution in [2.45, 2.75) is 60.0 Å². The Labute approximate surface area is 147 Å². The molecular formula is C19H33ClNOP. The summed E-state index contributed by atoms with van der Waals surface area (Å²) >= 11 is 6.11. The Morgan fingerprint density at radius 3 is 1.96 bits per heavy atom. The van der Waals surface area contributed by atoms with Gasteiger partial charge in [0, 0.05) is 0 Å². The first kappa shape index (κ1) is 20.5. The molecule has 0 heterocycles. The summed E-state index contributed by atoms with van der Waals surface area (Å²) in [5, 5.41) is 3.96. The summed E-state index contributed by atoms with van der Waals surface area (Å²) in [6.07, 6.45) is 5.59. The molecule has 0 aromatic heterocycles. The molecule has 1 unspecified atom stereocenters. The first-order valence-corrected chi connectivity index (χ1v) is 12.0. The number of halogens is 1. The van der Waals surface area contributed by atoms with Crippen LogP contribution in [0.25, 0.3) is 0 Å². The monoisotopic (exact) mass is 357 g/mol. The maximum atomic E-state index is 13.1. The third-order valence-electron chi connectivity index (χ3n) is 5.49. The van der Waals surface area contributed by atoms with E-state index in [-0.39, 0.29) is 11.6 Å². The van der Waals surface area contributed by atoms with Gasteiger partial charge in [-0.05, 0) is 0 Å². The average Bonchev–Trinajstić information content (AvgIpc) is 2.51. The molecule has 1 atom stereocenters. The fourth-order valence-corrected chi connectivity index (χ4v) is 8.65. The van der Waals surface area contributed by atoms with E-state index < -0.39 is 7.26 Å². The number of rotatable bonds is 8. The van der Waals surface area contributed by atoms with Gasteiger partial charge in [-0.25, -0.2) is 0 Å². The summed E-state index contributed by atoms with van der Waals surface area (Å²) in [5.41, 5.74) is 3.21. The van der Waals surface area contributed by atoms with Gasteiger partial charge >= 0.3 is 147 Å². The number of benzene rings is 1. The van der Waals surface area contributed by atoms with Crippen molar-refractivity contribution < 1.29 is 4.79 Å². The van der Waals surface area contributed by atoms with Crippen LogP contribution in [0, 0.1) is 13.8 Å². The molecule has 132 valence electrons. The van der Waals surface area contributed by atoms with Crippen LogP contribution in [0.15, 0.2) is 12.1 Å². The first-order valence-electron chi connectivity index (χ1n) is 8.92.